The van der Waals surface area contributed by atoms with Crippen molar-refractivity contribution in [3.8, 4) is 5.75 Å². The third-order valence-corrected chi connectivity index (χ3v) is 5.44. The Kier molecular flexibility index (Phi) is 5.52. The first-order valence-corrected chi connectivity index (χ1v) is 9.81. The number of hydrogen-bond donors (Lipinski definition) is 1. The Hall–Kier alpha value is -3.95. The first kappa shape index (κ1) is 22.3. The lowest BCUT2D eigenvalue weighted by atomic mass is 9.83. The number of fused-ring (bicyclic) bond motifs is 1. The standard InChI is InChI=1S/C23H19F3N2O5/c1-12-10-16-18(21(29)28(12)11-15-4-3-9-32-15)17(19(20(27)33-16)22(30)31-2)13-5-7-14(8-6-13)23(24,25)26/h3-10,17H,11,27H2,1-2H3. The summed E-state index contributed by atoms with van der Waals surface area (Å²) in [5, 5.41) is 0. The molecule has 1 aliphatic heterocycles. The fraction of sp³-hybridized carbons (Fsp3) is 0.217. The van der Waals surface area contributed by atoms with Gasteiger partial charge in [0.2, 0.25) is 5.88 Å². The van der Waals surface area contributed by atoms with E-state index in [1.165, 1.54) is 23.0 Å². The van der Waals surface area contributed by atoms with Crippen LogP contribution in [0.15, 0.2) is 69.4 Å². The number of nitrogens with zero attached hydrogens (tertiary/aromatic N) is 1. The highest BCUT2D eigenvalue weighted by molar-refractivity contribution is 5.92. The van der Waals surface area contributed by atoms with Gasteiger partial charge in [0.1, 0.15) is 17.1 Å². The van der Waals surface area contributed by atoms with E-state index in [1.807, 2.05) is 0 Å². The van der Waals surface area contributed by atoms with Gasteiger partial charge in [-0.15, -0.1) is 0 Å². The van der Waals surface area contributed by atoms with Crippen LogP contribution in [0, 0.1) is 6.92 Å². The van der Waals surface area contributed by atoms with Crippen molar-refractivity contribution in [1.29, 1.82) is 0 Å². The Balaban J connectivity index is 1.93. The number of nitrogens with two attached hydrogens (primary N) is 1. The van der Waals surface area contributed by atoms with Gasteiger partial charge in [-0.25, -0.2) is 4.79 Å². The average Bonchev–Trinajstić information content (AvgIpc) is 3.28. The van der Waals surface area contributed by atoms with Crippen LogP contribution < -0.4 is 16.0 Å². The maximum absolute atomic E-state index is 13.6. The highest BCUT2D eigenvalue weighted by Gasteiger charge is 2.39. The minimum absolute atomic E-state index is 0.0570. The number of carbonyl (C=O) groups excluding carboxylic acids is 1. The maximum Gasteiger partial charge on any atom is 0.416 e. The van der Waals surface area contributed by atoms with Gasteiger partial charge in [-0.3, -0.25) is 4.79 Å². The number of pyridine rings is 1. The normalized spacial score (nSPS) is 15.7. The van der Waals surface area contributed by atoms with Gasteiger partial charge in [0, 0.05) is 11.8 Å². The SMILES string of the molecule is COC(=O)C1=C(N)Oc2cc(C)n(Cc3ccco3)c(=O)c2C1c1ccc(C(F)(F)F)cc1. The Morgan fingerprint density at radius 1 is 1.21 bits per heavy atom. The van der Waals surface area contributed by atoms with Gasteiger partial charge >= 0.3 is 12.1 Å². The van der Waals surface area contributed by atoms with Crippen LogP contribution in [0.25, 0.3) is 0 Å². The van der Waals surface area contributed by atoms with E-state index < -0.39 is 29.2 Å². The summed E-state index contributed by atoms with van der Waals surface area (Å²) in [5.74, 6) is -1.61. The van der Waals surface area contributed by atoms with Crippen LogP contribution in [-0.2, 0) is 22.3 Å². The minimum Gasteiger partial charge on any atom is -0.467 e. The van der Waals surface area contributed by atoms with E-state index >= 15 is 0 Å². The van der Waals surface area contributed by atoms with Gasteiger partial charge in [-0.05, 0) is 36.8 Å². The summed E-state index contributed by atoms with van der Waals surface area (Å²) in [4.78, 5) is 26.2. The number of alkyl halides is 3. The highest BCUT2D eigenvalue weighted by atomic mass is 19.4. The third-order valence-electron chi connectivity index (χ3n) is 5.44. The molecule has 10 heteroatoms. The van der Waals surface area contributed by atoms with E-state index in [9.17, 15) is 22.8 Å². The topological polar surface area (TPSA) is 96.7 Å². The van der Waals surface area contributed by atoms with E-state index in [-0.39, 0.29) is 34.9 Å². The molecule has 1 aliphatic rings. The molecule has 4 rings (SSSR count). The predicted octanol–water partition coefficient (Wildman–Crippen LogP) is 3.68. The van der Waals surface area contributed by atoms with Gasteiger partial charge < -0.3 is 24.2 Å². The highest BCUT2D eigenvalue weighted by Crippen LogP contribution is 2.42. The first-order chi connectivity index (χ1) is 15.6. The van der Waals surface area contributed by atoms with E-state index in [0.29, 0.717) is 11.5 Å². The molecule has 0 bridgehead atoms. The molecule has 2 N–H and O–H groups in total. The zero-order valence-corrected chi connectivity index (χ0v) is 17.6. The average molecular weight is 460 g/mol. The fourth-order valence-electron chi connectivity index (χ4n) is 3.85. The minimum atomic E-state index is -4.54. The smallest absolute Gasteiger partial charge is 0.416 e. The van der Waals surface area contributed by atoms with Crippen molar-refractivity contribution in [2.75, 3.05) is 7.11 Å². The Morgan fingerprint density at radius 2 is 1.91 bits per heavy atom. The van der Waals surface area contributed by atoms with Crippen LogP contribution in [-0.4, -0.2) is 17.6 Å². The van der Waals surface area contributed by atoms with Crippen LogP contribution >= 0.6 is 0 Å². The fourth-order valence-corrected chi connectivity index (χ4v) is 3.85. The zero-order chi connectivity index (χ0) is 23.9. The van der Waals surface area contributed by atoms with E-state index in [4.69, 9.17) is 19.6 Å². The van der Waals surface area contributed by atoms with Crippen LogP contribution in [0.4, 0.5) is 13.2 Å². The lowest BCUT2D eigenvalue weighted by Gasteiger charge is -2.29. The van der Waals surface area contributed by atoms with E-state index in [2.05, 4.69) is 0 Å². The number of esters is 1. The van der Waals surface area contributed by atoms with Crippen molar-refractivity contribution in [1.82, 2.24) is 4.57 Å². The van der Waals surface area contributed by atoms with E-state index in [0.717, 1.165) is 19.2 Å². The molecule has 172 valence electrons. The van der Waals surface area contributed by atoms with Crippen molar-refractivity contribution >= 4 is 5.97 Å². The largest absolute Gasteiger partial charge is 0.467 e. The lowest BCUT2D eigenvalue weighted by Crippen LogP contribution is -2.35. The third kappa shape index (κ3) is 3.99. The molecule has 0 saturated heterocycles. The molecule has 1 atom stereocenters. The Bertz CT molecular complexity index is 1290. The number of hydrogen-bond acceptors (Lipinski definition) is 6. The predicted molar refractivity (Wildman–Crippen MR) is 110 cm³/mol. The van der Waals surface area contributed by atoms with Gasteiger partial charge in [-0.1, -0.05) is 12.1 Å². The van der Waals surface area contributed by atoms with Crippen molar-refractivity contribution in [2.24, 2.45) is 5.73 Å². The van der Waals surface area contributed by atoms with Gasteiger partial charge in [-0.2, -0.15) is 13.2 Å². The summed E-state index contributed by atoms with van der Waals surface area (Å²) in [6.45, 7) is 1.80. The summed E-state index contributed by atoms with van der Waals surface area (Å²) < 4.78 is 56.4. The second-order valence-corrected chi connectivity index (χ2v) is 7.46. The molecule has 0 aliphatic carbocycles. The van der Waals surface area contributed by atoms with Crippen molar-refractivity contribution in [2.45, 2.75) is 25.6 Å². The quantitative estimate of drug-likeness (QED) is 0.597. The monoisotopic (exact) mass is 460 g/mol. The lowest BCUT2D eigenvalue weighted by molar-refractivity contribution is -0.138. The van der Waals surface area contributed by atoms with Crippen molar-refractivity contribution in [3.63, 3.8) is 0 Å². The van der Waals surface area contributed by atoms with Crippen LogP contribution in [0.1, 0.15) is 34.1 Å². The number of furan rings is 1. The van der Waals surface area contributed by atoms with Crippen molar-refractivity contribution in [3.05, 3.63) is 98.7 Å². The maximum atomic E-state index is 13.6. The molecule has 3 heterocycles. The van der Waals surface area contributed by atoms with Crippen LogP contribution in [0.5, 0.6) is 5.75 Å². The molecule has 2 aromatic heterocycles. The summed E-state index contributed by atoms with van der Waals surface area (Å²) in [7, 11) is 1.13. The summed E-state index contributed by atoms with van der Waals surface area (Å²) >= 11 is 0. The van der Waals surface area contributed by atoms with Gasteiger partial charge in [0.15, 0.2) is 0 Å². The molecule has 1 unspecified atom stereocenters. The number of aromatic nitrogens is 1. The molecule has 33 heavy (non-hydrogen) atoms. The number of ether oxygens (including phenoxy) is 2. The van der Waals surface area contributed by atoms with Gasteiger partial charge in [0.05, 0.1) is 37.0 Å². The van der Waals surface area contributed by atoms with Gasteiger partial charge in [0.25, 0.3) is 5.56 Å². The number of halogens is 3. The second-order valence-electron chi connectivity index (χ2n) is 7.46. The number of aryl methyl sites for hydroxylation is 1. The molecular formula is C23H19F3N2O5. The first-order valence-electron chi connectivity index (χ1n) is 9.81. The zero-order valence-electron chi connectivity index (χ0n) is 17.6. The van der Waals surface area contributed by atoms with Crippen LogP contribution in [0.3, 0.4) is 0 Å². The van der Waals surface area contributed by atoms with Crippen LogP contribution in [0.2, 0.25) is 0 Å². The van der Waals surface area contributed by atoms with Crippen molar-refractivity contribution < 1.29 is 31.9 Å². The summed E-state index contributed by atoms with van der Waals surface area (Å²) in [6, 6.07) is 9.13. The second kappa shape index (κ2) is 8.19. The number of benzene rings is 1. The van der Waals surface area contributed by atoms with E-state index in [1.54, 1.807) is 25.1 Å². The molecule has 0 amide bonds. The Labute approximate surface area is 185 Å². The molecule has 1 aromatic carbocycles. The number of carbonyl (C=O) groups is 1. The molecule has 0 radical (unpaired) electrons. The molecular weight excluding hydrogens is 441 g/mol. The summed E-state index contributed by atoms with van der Waals surface area (Å²) in [5.41, 5.74) is 5.31. The molecule has 3 aromatic rings. The Morgan fingerprint density at radius 3 is 2.48 bits per heavy atom. The number of rotatable bonds is 4. The molecule has 0 saturated carbocycles. The molecule has 7 nitrogen and oxygen atoms in total. The number of methoxy groups -OCH3 is 1. The molecule has 0 fully saturated rings. The summed E-state index contributed by atoms with van der Waals surface area (Å²) in [6.07, 6.45) is -3.07. The molecule has 0 spiro atoms.